The third-order valence-corrected chi connectivity index (χ3v) is 3.18. The number of ether oxygens (including phenoxy) is 1. The van der Waals surface area contributed by atoms with Crippen molar-refractivity contribution >= 4 is 5.91 Å². The smallest absolute Gasteiger partial charge is 0.222 e. The van der Waals surface area contributed by atoms with E-state index in [4.69, 9.17) is 10.5 Å². The van der Waals surface area contributed by atoms with Gasteiger partial charge in [-0.15, -0.1) is 0 Å². The Balaban J connectivity index is 2.23. The van der Waals surface area contributed by atoms with Gasteiger partial charge < -0.3 is 15.4 Å². The van der Waals surface area contributed by atoms with Crippen LogP contribution < -0.4 is 5.73 Å². The highest BCUT2D eigenvalue weighted by Gasteiger charge is 2.21. The van der Waals surface area contributed by atoms with Crippen molar-refractivity contribution in [3.05, 3.63) is 0 Å². The normalized spacial score (nSPS) is 19.4. The first-order valence-electron chi connectivity index (χ1n) is 6.20. The summed E-state index contributed by atoms with van der Waals surface area (Å²) in [6.07, 6.45) is 4.37. The molecule has 0 aromatic heterocycles. The number of nitrogens with zero attached hydrogens (tertiary/aromatic N) is 1. The van der Waals surface area contributed by atoms with Gasteiger partial charge in [0.15, 0.2) is 0 Å². The molecule has 1 aliphatic heterocycles. The van der Waals surface area contributed by atoms with Crippen LogP contribution in [0, 0.1) is 0 Å². The van der Waals surface area contributed by atoms with Gasteiger partial charge in [-0.05, 0) is 32.6 Å². The average molecular weight is 228 g/mol. The van der Waals surface area contributed by atoms with Crippen LogP contribution in [0.5, 0.6) is 0 Å². The molecule has 0 aromatic carbocycles. The maximum Gasteiger partial charge on any atom is 0.222 e. The summed E-state index contributed by atoms with van der Waals surface area (Å²) >= 11 is 0. The van der Waals surface area contributed by atoms with Crippen LogP contribution in [0.2, 0.25) is 0 Å². The zero-order valence-electron chi connectivity index (χ0n) is 10.4. The molecule has 1 heterocycles. The largest absolute Gasteiger partial charge is 0.381 e. The fourth-order valence-corrected chi connectivity index (χ4v) is 2.03. The fraction of sp³-hybridized carbons (Fsp3) is 0.917. The Morgan fingerprint density at radius 2 is 2.12 bits per heavy atom. The minimum atomic E-state index is 0.196. The summed E-state index contributed by atoms with van der Waals surface area (Å²) in [7, 11) is 1.91. The maximum absolute atomic E-state index is 11.9. The Kier molecular flexibility index (Phi) is 5.77. The van der Waals surface area contributed by atoms with Gasteiger partial charge in [0.25, 0.3) is 0 Å². The molecular weight excluding hydrogens is 204 g/mol. The molecule has 1 amide bonds. The summed E-state index contributed by atoms with van der Waals surface area (Å²) in [4.78, 5) is 13.8. The molecule has 2 N–H and O–H groups in total. The lowest BCUT2D eigenvalue weighted by Crippen LogP contribution is -2.40. The van der Waals surface area contributed by atoms with Gasteiger partial charge in [0.2, 0.25) is 5.91 Å². The first-order valence-corrected chi connectivity index (χ1v) is 6.20. The lowest BCUT2D eigenvalue weighted by atomic mass is 10.1. The van der Waals surface area contributed by atoms with Crippen LogP contribution in [0.3, 0.4) is 0 Å². The number of rotatable bonds is 5. The minimum absolute atomic E-state index is 0.196. The molecule has 16 heavy (non-hydrogen) atoms. The van der Waals surface area contributed by atoms with E-state index in [2.05, 4.69) is 0 Å². The van der Waals surface area contributed by atoms with Gasteiger partial charge in [-0.25, -0.2) is 0 Å². The molecule has 1 rings (SSSR count). The van der Waals surface area contributed by atoms with Crippen molar-refractivity contribution < 1.29 is 9.53 Å². The molecular formula is C12H24N2O2. The van der Waals surface area contributed by atoms with Crippen LogP contribution in [0.15, 0.2) is 0 Å². The molecule has 0 radical (unpaired) electrons. The molecule has 4 heteroatoms. The van der Waals surface area contributed by atoms with E-state index < -0.39 is 0 Å². The first kappa shape index (κ1) is 13.5. The van der Waals surface area contributed by atoms with Crippen LogP contribution in [0.4, 0.5) is 0 Å². The zero-order valence-corrected chi connectivity index (χ0v) is 10.4. The maximum atomic E-state index is 11.9. The molecule has 0 spiro atoms. The van der Waals surface area contributed by atoms with Gasteiger partial charge in [0.1, 0.15) is 0 Å². The van der Waals surface area contributed by atoms with Gasteiger partial charge in [-0.2, -0.15) is 0 Å². The number of carbonyl (C=O) groups excluding carboxylic acids is 1. The van der Waals surface area contributed by atoms with Crippen LogP contribution >= 0.6 is 0 Å². The Morgan fingerprint density at radius 1 is 1.50 bits per heavy atom. The van der Waals surface area contributed by atoms with Gasteiger partial charge in [0, 0.05) is 38.8 Å². The van der Waals surface area contributed by atoms with E-state index in [1.165, 1.54) is 0 Å². The molecule has 94 valence electrons. The number of hydrogen-bond donors (Lipinski definition) is 1. The topological polar surface area (TPSA) is 55.6 Å². The number of nitrogens with two attached hydrogens (primary N) is 1. The van der Waals surface area contributed by atoms with Gasteiger partial charge in [-0.1, -0.05) is 0 Å². The van der Waals surface area contributed by atoms with E-state index in [0.717, 1.165) is 38.9 Å². The number of hydrogen-bond acceptors (Lipinski definition) is 3. The van der Waals surface area contributed by atoms with Crippen LogP contribution in [-0.2, 0) is 9.53 Å². The minimum Gasteiger partial charge on any atom is -0.381 e. The van der Waals surface area contributed by atoms with Gasteiger partial charge in [-0.3, -0.25) is 4.79 Å². The van der Waals surface area contributed by atoms with Gasteiger partial charge in [0.05, 0.1) is 0 Å². The predicted octanol–water partition coefficient (Wildman–Crippen LogP) is 1.14. The van der Waals surface area contributed by atoms with E-state index >= 15 is 0 Å². The van der Waals surface area contributed by atoms with Crippen molar-refractivity contribution in [2.45, 2.75) is 51.1 Å². The summed E-state index contributed by atoms with van der Waals surface area (Å²) in [6, 6.07) is 0.567. The zero-order chi connectivity index (χ0) is 12.0. The SMILES string of the molecule is CC(N)CCCC(=O)N(C)C1CCOCC1. The average Bonchev–Trinajstić information content (AvgIpc) is 2.28. The van der Waals surface area contributed by atoms with Gasteiger partial charge >= 0.3 is 0 Å². The summed E-state index contributed by atoms with van der Waals surface area (Å²) in [6.45, 7) is 3.54. The second-order valence-electron chi connectivity index (χ2n) is 4.72. The number of amides is 1. The van der Waals surface area contributed by atoms with Crippen molar-refractivity contribution in [2.75, 3.05) is 20.3 Å². The lowest BCUT2D eigenvalue weighted by molar-refractivity contribution is -0.133. The highest BCUT2D eigenvalue weighted by atomic mass is 16.5. The van der Waals surface area contributed by atoms with E-state index in [1.807, 2.05) is 18.9 Å². The molecule has 1 saturated heterocycles. The van der Waals surface area contributed by atoms with E-state index in [-0.39, 0.29) is 11.9 Å². The molecule has 1 atom stereocenters. The van der Waals surface area contributed by atoms with Crippen LogP contribution in [0.25, 0.3) is 0 Å². The Labute approximate surface area is 98.1 Å². The van der Waals surface area contributed by atoms with Crippen molar-refractivity contribution in [2.24, 2.45) is 5.73 Å². The Bertz CT molecular complexity index is 213. The highest BCUT2D eigenvalue weighted by molar-refractivity contribution is 5.76. The molecule has 0 aliphatic carbocycles. The Hall–Kier alpha value is -0.610. The van der Waals surface area contributed by atoms with Crippen molar-refractivity contribution in [1.82, 2.24) is 4.90 Å². The molecule has 1 fully saturated rings. The summed E-state index contributed by atoms with van der Waals surface area (Å²) in [5.41, 5.74) is 5.66. The van der Waals surface area contributed by atoms with Crippen LogP contribution in [-0.4, -0.2) is 43.2 Å². The third-order valence-electron chi connectivity index (χ3n) is 3.18. The summed E-state index contributed by atoms with van der Waals surface area (Å²) < 4.78 is 5.29. The van der Waals surface area contributed by atoms with E-state index in [1.54, 1.807) is 0 Å². The van der Waals surface area contributed by atoms with E-state index in [0.29, 0.717) is 12.5 Å². The molecule has 0 bridgehead atoms. The van der Waals surface area contributed by atoms with Crippen molar-refractivity contribution in [1.29, 1.82) is 0 Å². The second kappa shape index (κ2) is 6.86. The first-order chi connectivity index (χ1) is 7.61. The van der Waals surface area contributed by atoms with Crippen LogP contribution in [0.1, 0.15) is 39.0 Å². The standard InChI is InChI=1S/C12H24N2O2/c1-10(13)4-3-5-12(15)14(2)11-6-8-16-9-7-11/h10-11H,3-9,13H2,1-2H3. The monoisotopic (exact) mass is 228 g/mol. The third kappa shape index (κ3) is 4.49. The lowest BCUT2D eigenvalue weighted by Gasteiger charge is -2.31. The fourth-order valence-electron chi connectivity index (χ4n) is 2.03. The molecule has 1 aliphatic rings. The Morgan fingerprint density at radius 3 is 2.69 bits per heavy atom. The molecule has 0 saturated carbocycles. The van der Waals surface area contributed by atoms with E-state index in [9.17, 15) is 4.79 Å². The molecule has 1 unspecified atom stereocenters. The summed E-state index contributed by atoms with van der Waals surface area (Å²) in [5, 5.41) is 0. The molecule has 4 nitrogen and oxygen atoms in total. The number of carbonyl (C=O) groups is 1. The second-order valence-corrected chi connectivity index (χ2v) is 4.72. The van der Waals surface area contributed by atoms with Crippen molar-refractivity contribution in [3.63, 3.8) is 0 Å². The summed E-state index contributed by atoms with van der Waals surface area (Å²) in [5.74, 6) is 0.243. The molecule has 0 aromatic rings. The highest BCUT2D eigenvalue weighted by Crippen LogP contribution is 2.14. The van der Waals surface area contributed by atoms with Crippen molar-refractivity contribution in [3.8, 4) is 0 Å². The quantitative estimate of drug-likeness (QED) is 0.767. The predicted molar refractivity (Wildman–Crippen MR) is 64.1 cm³/mol.